The van der Waals surface area contributed by atoms with Crippen molar-refractivity contribution in [3.05, 3.63) is 28.8 Å². The van der Waals surface area contributed by atoms with Gasteiger partial charge in [-0.05, 0) is 12.1 Å². The highest BCUT2D eigenvalue weighted by Crippen LogP contribution is 2.28. The minimum absolute atomic E-state index is 0.00106. The Balaban J connectivity index is 2.95. The molecule has 3 nitrogen and oxygen atoms in total. The molecular formula is C11H11ClF3NO2. The first-order chi connectivity index (χ1) is 8.22. The molecule has 0 amide bonds. The van der Waals surface area contributed by atoms with E-state index in [1.807, 2.05) is 0 Å². The third-order valence-corrected chi connectivity index (χ3v) is 2.66. The zero-order valence-electron chi connectivity index (χ0n) is 9.46. The molecular weight excluding hydrogens is 271 g/mol. The molecule has 0 radical (unpaired) electrons. The van der Waals surface area contributed by atoms with E-state index >= 15 is 0 Å². The summed E-state index contributed by atoms with van der Waals surface area (Å²) in [5.41, 5.74) is -0.0249. The second kappa shape index (κ2) is 5.48. The summed E-state index contributed by atoms with van der Waals surface area (Å²) < 4.78 is 36.3. The Morgan fingerprint density at radius 2 is 2.06 bits per heavy atom. The molecule has 0 spiro atoms. The van der Waals surface area contributed by atoms with Crippen LogP contribution in [0.1, 0.15) is 16.8 Å². The van der Waals surface area contributed by atoms with Crippen molar-refractivity contribution in [2.24, 2.45) is 0 Å². The van der Waals surface area contributed by atoms with Crippen molar-refractivity contribution in [2.45, 2.75) is 12.6 Å². The highest BCUT2D eigenvalue weighted by Gasteiger charge is 2.28. The van der Waals surface area contributed by atoms with E-state index in [0.29, 0.717) is 0 Å². The van der Waals surface area contributed by atoms with E-state index in [1.54, 1.807) is 0 Å². The van der Waals surface area contributed by atoms with Crippen LogP contribution in [0.15, 0.2) is 18.2 Å². The number of aromatic carboxylic acids is 1. The average molecular weight is 282 g/mol. The first-order valence-electron chi connectivity index (χ1n) is 5.02. The Morgan fingerprint density at radius 3 is 2.56 bits per heavy atom. The molecule has 0 saturated carbocycles. The molecule has 1 rings (SSSR count). The van der Waals surface area contributed by atoms with Gasteiger partial charge in [0, 0.05) is 13.6 Å². The average Bonchev–Trinajstić information content (AvgIpc) is 2.24. The largest absolute Gasteiger partial charge is 0.478 e. The van der Waals surface area contributed by atoms with Crippen LogP contribution in [0.25, 0.3) is 0 Å². The molecule has 0 aromatic heterocycles. The number of carbonyl (C=O) groups is 1. The zero-order valence-corrected chi connectivity index (χ0v) is 10.2. The summed E-state index contributed by atoms with van der Waals surface area (Å²) in [6, 6.07) is 4.30. The van der Waals surface area contributed by atoms with Gasteiger partial charge in [0.05, 0.1) is 17.1 Å². The highest BCUT2D eigenvalue weighted by atomic mass is 35.5. The van der Waals surface area contributed by atoms with Crippen LogP contribution < -0.4 is 4.90 Å². The van der Waals surface area contributed by atoms with Gasteiger partial charge < -0.3 is 10.0 Å². The molecule has 0 aliphatic heterocycles. The summed E-state index contributed by atoms with van der Waals surface area (Å²) in [5.74, 6) is -1.27. The SMILES string of the molecule is CN(CCC(F)(F)F)c1cccc(Cl)c1C(=O)O. The fraction of sp³-hybridized carbons (Fsp3) is 0.364. The lowest BCUT2D eigenvalue weighted by atomic mass is 10.1. The molecule has 0 atom stereocenters. The molecule has 0 aliphatic carbocycles. The second-order valence-electron chi connectivity index (χ2n) is 3.73. The van der Waals surface area contributed by atoms with Crippen LogP contribution in [0.3, 0.4) is 0 Å². The van der Waals surface area contributed by atoms with Crippen molar-refractivity contribution in [3.63, 3.8) is 0 Å². The first-order valence-corrected chi connectivity index (χ1v) is 5.40. The lowest BCUT2D eigenvalue weighted by Crippen LogP contribution is -2.25. The van der Waals surface area contributed by atoms with E-state index in [0.717, 1.165) is 0 Å². The van der Waals surface area contributed by atoms with Gasteiger partial charge in [0.15, 0.2) is 0 Å². The predicted molar refractivity (Wildman–Crippen MR) is 62.4 cm³/mol. The Labute approximate surface area is 107 Å². The summed E-state index contributed by atoms with van der Waals surface area (Å²) in [7, 11) is 1.39. The van der Waals surface area contributed by atoms with Gasteiger partial charge in [-0.1, -0.05) is 17.7 Å². The maximum atomic E-state index is 12.1. The molecule has 100 valence electrons. The topological polar surface area (TPSA) is 40.5 Å². The van der Waals surface area contributed by atoms with Crippen molar-refractivity contribution in [2.75, 3.05) is 18.5 Å². The van der Waals surface area contributed by atoms with Gasteiger partial charge in [0.2, 0.25) is 0 Å². The molecule has 7 heteroatoms. The Morgan fingerprint density at radius 1 is 1.44 bits per heavy atom. The lowest BCUT2D eigenvalue weighted by molar-refractivity contribution is -0.132. The molecule has 0 bridgehead atoms. The van der Waals surface area contributed by atoms with Gasteiger partial charge in [-0.15, -0.1) is 0 Å². The molecule has 0 heterocycles. The summed E-state index contributed by atoms with van der Waals surface area (Å²) in [6.45, 7) is -0.329. The van der Waals surface area contributed by atoms with Gasteiger partial charge in [-0.25, -0.2) is 4.79 Å². The first kappa shape index (κ1) is 14.6. The lowest BCUT2D eigenvalue weighted by Gasteiger charge is -2.22. The third-order valence-electron chi connectivity index (χ3n) is 2.35. The van der Waals surface area contributed by atoms with E-state index in [1.165, 1.54) is 30.1 Å². The summed E-state index contributed by atoms with van der Waals surface area (Å²) in [4.78, 5) is 12.2. The van der Waals surface area contributed by atoms with Gasteiger partial charge in [0.1, 0.15) is 5.56 Å². The zero-order chi connectivity index (χ0) is 13.9. The maximum Gasteiger partial charge on any atom is 0.390 e. The van der Waals surface area contributed by atoms with Gasteiger partial charge in [-0.3, -0.25) is 0 Å². The number of hydrogen-bond donors (Lipinski definition) is 1. The van der Waals surface area contributed by atoms with Crippen molar-refractivity contribution in [1.29, 1.82) is 0 Å². The number of carboxylic acids is 1. The number of anilines is 1. The monoisotopic (exact) mass is 281 g/mol. The molecule has 1 aromatic carbocycles. The Bertz CT molecular complexity index is 448. The van der Waals surface area contributed by atoms with Gasteiger partial charge in [0.25, 0.3) is 0 Å². The number of hydrogen-bond acceptors (Lipinski definition) is 2. The molecule has 18 heavy (non-hydrogen) atoms. The molecule has 1 N–H and O–H groups in total. The predicted octanol–water partition coefficient (Wildman–Crippen LogP) is 3.43. The molecule has 0 aliphatic rings. The number of rotatable bonds is 4. The quantitative estimate of drug-likeness (QED) is 0.919. The number of alkyl halides is 3. The van der Waals surface area contributed by atoms with E-state index in [9.17, 15) is 18.0 Å². The van der Waals surface area contributed by atoms with Crippen molar-refractivity contribution >= 4 is 23.3 Å². The van der Waals surface area contributed by atoms with Crippen LogP contribution in [0.5, 0.6) is 0 Å². The number of benzene rings is 1. The third kappa shape index (κ3) is 3.80. The van der Waals surface area contributed by atoms with E-state index in [4.69, 9.17) is 16.7 Å². The standard InChI is InChI=1S/C11H11ClF3NO2/c1-16(6-5-11(13,14)15)8-4-2-3-7(12)9(8)10(17)18/h2-4H,5-6H2,1H3,(H,17,18). The van der Waals surface area contributed by atoms with Crippen molar-refractivity contribution in [1.82, 2.24) is 0 Å². The second-order valence-corrected chi connectivity index (χ2v) is 4.13. The molecule has 1 aromatic rings. The fourth-order valence-corrected chi connectivity index (χ4v) is 1.71. The van der Waals surface area contributed by atoms with Crippen LogP contribution in [-0.2, 0) is 0 Å². The minimum Gasteiger partial charge on any atom is -0.478 e. The maximum absolute atomic E-state index is 12.1. The van der Waals surface area contributed by atoms with Crippen LogP contribution in [0, 0.1) is 0 Å². The normalized spacial score (nSPS) is 11.4. The van der Waals surface area contributed by atoms with Crippen molar-refractivity contribution < 1.29 is 23.1 Å². The Hall–Kier alpha value is -1.43. The number of nitrogens with zero attached hydrogens (tertiary/aromatic N) is 1. The van der Waals surface area contributed by atoms with Crippen LogP contribution in [0.4, 0.5) is 18.9 Å². The van der Waals surface area contributed by atoms with Gasteiger partial charge in [-0.2, -0.15) is 13.2 Å². The smallest absolute Gasteiger partial charge is 0.390 e. The number of halogens is 4. The highest BCUT2D eigenvalue weighted by molar-refractivity contribution is 6.34. The molecule has 0 saturated heterocycles. The summed E-state index contributed by atoms with van der Waals surface area (Å²) >= 11 is 5.73. The number of carboxylic acid groups (broad SMARTS) is 1. The minimum atomic E-state index is -4.28. The van der Waals surface area contributed by atoms with Crippen LogP contribution >= 0.6 is 11.6 Å². The molecule has 0 fully saturated rings. The fourth-order valence-electron chi connectivity index (χ4n) is 1.46. The van der Waals surface area contributed by atoms with E-state index in [2.05, 4.69) is 0 Å². The Kier molecular flexibility index (Phi) is 4.45. The summed E-state index contributed by atoms with van der Waals surface area (Å²) in [5, 5.41) is 8.99. The summed E-state index contributed by atoms with van der Waals surface area (Å²) in [6.07, 6.45) is -5.30. The molecule has 0 unspecified atom stereocenters. The van der Waals surface area contributed by atoms with E-state index < -0.39 is 18.6 Å². The van der Waals surface area contributed by atoms with Crippen LogP contribution in [0.2, 0.25) is 5.02 Å². The van der Waals surface area contributed by atoms with Crippen molar-refractivity contribution in [3.8, 4) is 0 Å². The van der Waals surface area contributed by atoms with Crippen LogP contribution in [-0.4, -0.2) is 30.8 Å². The van der Waals surface area contributed by atoms with Gasteiger partial charge >= 0.3 is 12.1 Å². The van der Waals surface area contributed by atoms with E-state index in [-0.39, 0.29) is 22.8 Å².